The average Bonchev–Trinajstić information content (AvgIpc) is 3.13. The molecule has 1 heterocycles. The van der Waals surface area contributed by atoms with Gasteiger partial charge in [0.2, 0.25) is 0 Å². The summed E-state index contributed by atoms with van der Waals surface area (Å²) in [6, 6.07) is 5.08. The Morgan fingerprint density at radius 2 is 2.30 bits per heavy atom. The van der Waals surface area contributed by atoms with Crippen LogP contribution in [-0.4, -0.2) is 50.5 Å². The van der Waals surface area contributed by atoms with Crippen molar-refractivity contribution in [3.8, 4) is 0 Å². The molecule has 2 N–H and O–H groups in total. The van der Waals surface area contributed by atoms with Crippen molar-refractivity contribution >= 4 is 41.5 Å². The van der Waals surface area contributed by atoms with Crippen LogP contribution in [0.15, 0.2) is 23.2 Å². The van der Waals surface area contributed by atoms with Crippen LogP contribution >= 0.6 is 35.6 Å². The van der Waals surface area contributed by atoms with Crippen molar-refractivity contribution in [1.82, 2.24) is 10.6 Å². The van der Waals surface area contributed by atoms with Crippen LogP contribution in [0, 0.1) is 5.82 Å². The molecule has 4 atom stereocenters. The molecule has 8 heteroatoms. The van der Waals surface area contributed by atoms with E-state index in [1.165, 1.54) is 6.07 Å². The molecule has 1 aromatic carbocycles. The summed E-state index contributed by atoms with van der Waals surface area (Å²) in [6.07, 6.45) is 1.98. The number of benzene rings is 1. The maximum atomic E-state index is 14.1. The molecule has 5 nitrogen and oxygen atoms in total. The van der Waals surface area contributed by atoms with Crippen molar-refractivity contribution < 1.29 is 13.9 Å². The van der Waals surface area contributed by atoms with Crippen molar-refractivity contribution in [3.63, 3.8) is 0 Å². The van der Waals surface area contributed by atoms with Gasteiger partial charge in [0.05, 0.1) is 19.3 Å². The number of hydrogen-bond acceptors (Lipinski definition) is 3. The normalized spacial score (nSPS) is 25.6. The lowest BCUT2D eigenvalue weighted by Crippen LogP contribution is -2.45. The predicted octanol–water partition coefficient (Wildman–Crippen LogP) is 3.70. The summed E-state index contributed by atoms with van der Waals surface area (Å²) >= 11 is 6.17. The largest absolute Gasteiger partial charge is 0.379 e. The van der Waals surface area contributed by atoms with Gasteiger partial charge >= 0.3 is 0 Å². The average molecular weight is 512 g/mol. The van der Waals surface area contributed by atoms with Gasteiger partial charge in [-0.25, -0.2) is 4.39 Å². The lowest BCUT2D eigenvalue weighted by atomic mass is 10.1. The number of rotatable bonds is 7. The molecule has 1 saturated carbocycles. The van der Waals surface area contributed by atoms with Crippen LogP contribution in [-0.2, 0) is 9.47 Å². The van der Waals surface area contributed by atoms with Crippen LogP contribution in [0.25, 0.3) is 0 Å². The SMILES string of the molecule is CCN=C(NC(C)COC1CCOC1)NC1CC1c1c(F)cccc1Cl.I. The minimum absolute atomic E-state index is 0. The second-order valence-electron chi connectivity index (χ2n) is 6.92. The van der Waals surface area contributed by atoms with E-state index < -0.39 is 0 Å². The van der Waals surface area contributed by atoms with E-state index in [4.69, 9.17) is 21.1 Å². The van der Waals surface area contributed by atoms with E-state index in [9.17, 15) is 4.39 Å². The lowest BCUT2D eigenvalue weighted by molar-refractivity contribution is 0.0347. The summed E-state index contributed by atoms with van der Waals surface area (Å²) in [5, 5.41) is 7.24. The Labute approximate surface area is 182 Å². The van der Waals surface area contributed by atoms with Crippen LogP contribution in [0.2, 0.25) is 5.02 Å². The second-order valence-corrected chi connectivity index (χ2v) is 7.32. The van der Waals surface area contributed by atoms with E-state index in [2.05, 4.69) is 22.5 Å². The molecule has 0 bridgehead atoms. The lowest BCUT2D eigenvalue weighted by Gasteiger charge is -2.20. The number of ether oxygens (including phenoxy) is 2. The zero-order valence-electron chi connectivity index (χ0n) is 15.7. The van der Waals surface area contributed by atoms with Crippen LogP contribution in [0.3, 0.4) is 0 Å². The number of nitrogens with one attached hydrogen (secondary N) is 2. The maximum Gasteiger partial charge on any atom is 0.191 e. The third-order valence-corrected chi connectivity index (χ3v) is 4.98. The van der Waals surface area contributed by atoms with Gasteiger partial charge in [-0.3, -0.25) is 4.99 Å². The molecule has 0 spiro atoms. The molecule has 152 valence electrons. The highest BCUT2D eigenvalue weighted by Gasteiger charge is 2.42. The fourth-order valence-corrected chi connectivity index (χ4v) is 3.51. The van der Waals surface area contributed by atoms with Crippen LogP contribution in [0.4, 0.5) is 4.39 Å². The molecule has 0 radical (unpaired) electrons. The van der Waals surface area contributed by atoms with Gasteiger partial charge in [0.25, 0.3) is 0 Å². The molecular weight excluding hydrogens is 484 g/mol. The van der Waals surface area contributed by atoms with Gasteiger partial charge in [-0.15, -0.1) is 24.0 Å². The molecule has 0 aromatic heterocycles. The van der Waals surface area contributed by atoms with E-state index in [1.807, 2.05) is 6.92 Å². The van der Waals surface area contributed by atoms with Gasteiger partial charge in [0, 0.05) is 41.7 Å². The van der Waals surface area contributed by atoms with E-state index in [-0.39, 0.29) is 53.9 Å². The van der Waals surface area contributed by atoms with Crippen molar-refractivity contribution in [2.75, 3.05) is 26.4 Å². The molecule has 1 aliphatic heterocycles. The highest BCUT2D eigenvalue weighted by Crippen LogP contribution is 2.44. The van der Waals surface area contributed by atoms with Gasteiger partial charge in [0.1, 0.15) is 5.82 Å². The van der Waals surface area contributed by atoms with Gasteiger partial charge < -0.3 is 20.1 Å². The molecule has 2 fully saturated rings. The molecule has 2 aliphatic rings. The number of guanidine groups is 1. The Morgan fingerprint density at radius 3 is 2.96 bits per heavy atom. The summed E-state index contributed by atoms with van der Waals surface area (Å²) in [4.78, 5) is 4.48. The zero-order chi connectivity index (χ0) is 18.5. The Bertz CT molecular complexity index is 623. The third-order valence-electron chi connectivity index (χ3n) is 4.65. The van der Waals surface area contributed by atoms with Crippen LogP contribution in [0.1, 0.15) is 38.2 Å². The molecule has 27 heavy (non-hydrogen) atoms. The first-order valence-corrected chi connectivity index (χ1v) is 9.67. The van der Waals surface area contributed by atoms with E-state index in [1.54, 1.807) is 12.1 Å². The molecule has 3 rings (SSSR count). The maximum absolute atomic E-state index is 14.1. The Balaban J connectivity index is 0.00000261. The Kier molecular flexibility index (Phi) is 9.04. The monoisotopic (exact) mass is 511 g/mol. The minimum Gasteiger partial charge on any atom is -0.379 e. The number of nitrogens with zero attached hydrogens (tertiary/aromatic N) is 1. The van der Waals surface area contributed by atoms with E-state index in [0.29, 0.717) is 30.3 Å². The highest BCUT2D eigenvalue weighted by atomic mass is 127. The van der Waals surface area contributed by atoms with Crippen molar-refractivity contribution in [2.45, 2.75) is 50.8 Å². The van der Waals surface area contributed by atoms with Gasteiger partial charge in [-0.1, -0.05) is 17.7 Å². The molecule has 1 aromatic rings. The number of halogens is 3. The minimum atomic E-state index is -0.241. The third kappa shape index (κ3) is 6.44. The first-order chi connectivity index (χ1) is 12.6. The van der Waals surface area contributed by atoms with Gasteiger partial charge in [-0.2, -0.15) is 0 Å². The highest BCUT2D eigenvalue weighted by molar-refractivity contribution is 14.0. The quantitative estimate of drug-likeness (QED) is 0.333. The molecular formula is C19H28ClFIN3O2. The summed E-state index contributed by atoms with van der Waals surface area (Å²) in [6.45, 7) is 6.74. The van der Waals surface area contributed by atoms with Crippen molar-refractivity contribution in [1.29, 1.82) is 0 Å². The predicted molar refractivity (Wildman–Crippen MR) is 117 cm³/mol. The number of hydrogen-bond donors (Lipinski definition) is 2. The van der Waals surface area contributed by atoms with Crippen LogP contribution < -0.4 is 10.6 Å². The van der Waals surface area contributed by atoms with E-state index in [0.717, 1.165) is 25.4 Å². The summed E-state index contributed by atoms with van der Waals surface area (Å²) in [7, 11) is 0. The standard InChI is InChI=1S/C19H27ClFN3O2.HI/c1-3-22-19(23-12(2)10-26-13-7-8-25-11-13)24-17-9-14(17)18-15(20)5-4-6-16(18)21;/h4-6,12-14,17H,3,7-11H2,1-2H3,(H2,22,23,24);1H. The van der Waals surface area contributed by atoms with Crippen LogP contribution in [0.5, 0.6) is 0 Å². The zero-order valence-corrected chi connectivity index (χ0v) is 18.8. The molecule has 4 unspecified atom stereocenters. The first kappa shape index (κ1) is 22.6. The number of aliphatic imine (C=N–C) groups is 1. The topological polar surface area (TPSA) is 54.9 Å². The van der Waals surface area contributed by atoms with Crippen molar-refractivity contribution in [3.05, 3.63) is 34.6 Å². The van der Waals surface area contributed by atoms with E-state index >= 15 is 0 Å². The summed E-state index contributed by atoms with van der Waals surface area (Å²) < 4.78 is 25.2. The fourth-order valence-electron chi connectivity index (χ4n) is 3.20. The molecule has 1 aliphatic carbocycles. The summed E-state index contributed by atoms with van der Waals surface area (Å²) in [5.41, 5.74) is 0.597. The molecule has 0 amide bonds. The fraction of sp³-hybridized carbons (Fsp3) is 0.632. The summed E-state index contributed by atoms with van der Waals surface area (Å²) in [5.74, 6) is 0.565. The van der Waals surface area contributed by atoms with Gasteiger partial charge in [-0.05, 0) is 38.8 Å². The smallest absolute Gasteiger partial charge is 0.191 e. The molecule has 1 saturated heterocycles. The Morgan fingerprint density at radius 1 is 1.48 bits per heavy atom. The van der Waals surface area contributed by atoms with Crippen molar-refractivity contribution in [2.24, 2.45) is 4.99 Å². The second kappa shape index (κ2) is 10.8. The van der Waals surface area contributed by atoms with Gasteiger partial charge in [0.15, 0.2) is 5.96 Å². The first-order valence-electron chi connectivity index (χ1n) is 9.29. The Hall–Kier alpha value is -0.640.